The van der Waals surface area contributed by atoms with Crippen LogP contribution in [0, 0.1) is 5.92 Å². The first-order valence-electron chi connectivity index (χ1n) is 8.84. The molecule has 2 rings (SSSR count). The van der Waals surface area contributed by atoms with Crippen LogP contribution >= 0.6 is 0 Å². The lowest BCUT2D eigenvalue weighted by molar-refractivity contribution is -0.161. The third-order valence-corrected chi connectivity index (χ3v) is 4.45. The zero-order valence-electron chi connectivity index (χ0n) is 15.2. The fourth-order valence-electron chi connectivity index (χ4n) is 3.06. The number of nitrogens with one attached hydrogen (secondary N) is 1. The maximum absolute atomic E-state index is 12.2. The Morgan fingerprint density at radius 2 is 2.04 bits per heavy atom. The van der Waals surface area contributed by atoms with Crippen molar-refractivity contribution in [2.75, 3.05) is 26.9 Å². The number of cyclic esters (lactones) is 1. The predicted octanol–water partition coefficient (Wildman–Crippen LogP) is 1.26. The number of rotatable bonds is 7. The number of esters is 1. The van der Waals surface area contributed by atoms with Crippen LogP contribution in [0.5, 0.6) is 0 Å². The summed E-state index contributed by atoms with van der Waals surface area (Å²) in [6.45, 7) is 2.45. The Morgan fingerprint density at radius 1 is 1.31 bits per heavy atom. The number of carbonyl (C=O) groups excluding carboxylic acids is 1. The molecule has 26 heavy (non-hydrogen) atoms. The normalized spacial score (nSPS) is 27.1. The molecule has 0 saturated carbocycles. The molecule has 0 radical (unpaired) electrons. The third-order valence-electron chi connectivity index (χ3n) is 4.45. The van der Waals surface area contributed by atoms with Gasteiger partial charge < -0.3 is 24.6 Å². The number of benzene rings is 1. The highest BCUT2D eigenvalue weighted by Gasteiger charge is 2.34. The Kier molecular flexibility index (Phi) is 8.03. The number of ether oxygens (including phenoxy) is 3. The molecule has 0 spiro atoms. The number of carboxylic acid groups (broad SMARTS) is 1. The quantitative estimate of drug-likeness (QED) is 0.703. The molecular formula is C19H27NO6. The molecule has 0 aromatic heterocycles. The van der Waals surface area contributed by atoms with Crippen molar-refractivity contribution in [2.45, 2.75) is 38.0 Å². The maximum atomic E-state index is 12.2. The van der Waals surface area contributed by atoms with E-state index in [0.29, 0.717) is 13.0 Å². The number of carboxylic acids is 1. The molecule has 4 atom stereocenters. The van der Waals surface area contributed by atoms with E-state index in [1.165, 1.54) is 0 Å². The van der Waals surface area contributed by atoms with Crippen LogP contribution in [0.15, 0.2) is 30.3 Å². The smallest absolute Gasteiger partial charge is 0.325 e. The van der Waals surface area contributed by atoms with E-state index in [0.717, 1.165) is 5.56 Å². The average molecular weight is 365 g/mol. The molecular weight excluding hydrogens is 338 g/mol. The van der Waals surface area contributed by atoms with Gasteiger partial charge in [0.25, 0.3) is 0 Å². The largest absolute Gasteiger partial charge is 0.481 e. The summed E-state index contributed by atoms with van der Waals surface area (Å²) in [5.41, 5.74) is 1.12. The van der Waals surface area contributed by atoms with Crippen molar-refractivity contribution in [3.63, 3.8) is 0 Å². The van der Waals surface area contributed by atoms with E-state index >= 15 is 0 Å². The summed E-state index contributed by atoms with van der Waals surface area (Å²) in [4.78, 5) is 23.0. The second-order valence-corrected chi connectivity index (χ2v) is 6.45. The first kappa shape index (κ1) is 20.4. The van der Waals surface area contributed by atoms with E-state index in [4.69, 9.17) is 19.3 Å². The number of carbonyl (C=O) groups is 2. The zero-order valence-corrected chi connectivity index (χ0v) is 15.2. The summed E-state index contributed by atoms with van der Waals surface area (Å²) < 4.78 is 17.2. The van der Waals surface area contributed by atoms with Crippen LogP contribution in [-0.4, -0.2) is 62.2 Å². The molecule has 1 aliphatic rings. The Morgan fingerprint density at radius 3 is 2.69 bits per heavy atom. The molecule has 1 aromatic rings. The highest BCUT2D eigenvalue weighted by molar-refractivity contribution is 5.76. The van der Waals surface area contributed by atoms with Crippen LogP contribution in [0.4, 0.5) is 0 Å². The van der Waals surface area contributed by atoms with Gasteiger partial charge in [0.15, 0.2) is 0 Å². The van der Waals surface area contributed by atoms with Gasteiger partial charge in [-0.15, -0.1) is 0 Å². The monoisotopic (exact) mass is 365 g/mol. The highest BCUT2D eigenvalue weighted by atomic mass is 16.6. The van der Waals surface area contributed by atoms with E-state index in [2.05, 4.69) is 5.32 Å². The Hall–Kier alpha value is -1.96. The molecule has 0 unspecified atom stereocenters. The first-order valence-corrected chi connectivity index (χ1v) is 8.84. The number of likely N-dealkylation sites (N-methyl/N-ethyl adjacent to an activating group) is 1. The molecule has 7 nitrogen and oxygen atoms in total. The van der Waals surface area contributed by atoms with Crippen LogP contribution in [0.1, 0.15) is 18.9 Å². The van der Waals surface area contributed by atoms with Crippen LogP contribution in [0.2, 0.25) is 0 Å². The first-order chi connectivity index (χ1) is 12.5. The second-order valence-electron chi connectivity index (χ2n) is 6.45. The van der Waals surface area contributed by atoms with Crippen molar-refractivity contribution in [1.29, 1.82) is 0 Å². The Balaban J connectivity index is 2.16. The topological polar surface area (TPSA) is 94.1 Å². The summed E-state index contributed by atoms with van der Waals surface area (Å²) in [5, 5.41) is 11.8. The van der Waals surface area contributed by atoms with Gasteiger partial charge in [-0.2, -0.15) is 0 Å². The lowest BCUT2D eigenvalue weighted by Crippen LogP contribution is -2.43. The van der Waals surface area contributed by atoms with E-state index < -0.39 is 30.2 Å². The Bertz CT molecular complexity index is 579. The van der Waals surface area contributed by atoms with Crippen LogP contribution in [-0.2, 0) is 30.2 Å². The minimum Gasteiger partial charge on any atom is -0.481 e. The van der Waals surface area contributed by atoms with Crippen molar-refractivity contribution < 1.29 is 28.9 Å². The Labute approximate surface area is 153 Å². The summed E-state index contributed by atoms with van der Waals surface area (Å²) in [6.07, 6.45) is -0.378. The molecule has 1 heterocycles. The van der Waals surface area contributed by atoms with Gasteiger partial charge in [0.1, 0.15) is 12.1 Å². The SMILES string of the molecule is CN[C@H]1COC[C@H](Cc2ccccc2)[C@@H](OCCC(=O)O)[C@H](C)OC1=O. The van der Waals surface area contributed by atoms with Gasteiger partial charge in [0, 0.05) is 5.92 Å². The van der Waals surface area contributed by atoms with Gasteiger partial charge in [-0.25, -0.2) is 0 Å². The summed E-state index contributed by atoms with van der Waals surface area (Å²) in [7, 11) is 1.68. The molecule has 7 heteroatoms. The molecule has 1 aromatic carbocycles. The molecule has 0 bridgehead atoms. The fraction of sp³-hybridized carbons (Fsp3) is 0.579. The van der Waals surface area contributed by atoms with E-state index in [1.807, 2.05) is 30.3 Å². The number of hydrogen-bond donors (Lipinski definition) is 2. The maximum Gasteiger partial charge on any atom is 0.325 e. The van der Waals surface area contributed by atoms with Crippen molar-refractivity contribution in [1.82, 2.24) is 5.32 Å². The lowest BCUT2D eigenvalue weighted by atomic mass is 9.91. The number of hydrogen-bond acceptors (Lipinski definition) is 6. The van der Waals surface area contributed by atoms with E-state index in [-0.39, 0.29) is 25.6 Å². The predicted molar refractivity (Wildman–Crippen MR) is 94.8 cm³/mol. The molecule has 0 aliphatic carbocycles. The van der Waals surface area contributed by atoms with Gasteiger partial charge in [0.2, 0.25) is 0 Å². The highest BCUT2D eigenvalue weighted by Crippen LogP contribution is 2.22. The fourth-order valence-corrected chi connectivity index (χ4v) is 3.06. The zero-order chi connectivity index (χ0) is 18.9. The van der Waals surface area contributed by atoms with Crippen LogP contribution in [0.25, 0.3) is 0 Å². The molecule has 0 amide bonds. The molecule has 2 N–H and O–H groups in total. The van der Waals surface area contributed by atoms with Crippen molar-refractivity contribution in [3.8, 4) is 0 Å². The van der Waals surface area contributed by atoms with Gasteiger partial charge in [-0.3, -0.25) is 9.59 Å². The van der Waals surface area contributed by atoms with Gasteiger partial charge in [0.05, 0.1) is 32.3 Å². The third kappa shape index (κ3) is 6.09. The van der Waals surface area contributed by atoms with Crippen LogP contribution in [0.3, 0.4) is 0 Å². The molecule has 1 saturated heterocycles. The molecule has 144 valence electrons. The minimum atomic E-state index is -0.927. The minimum absolute atomic E-state index is 0.0582. The summed E-state index contributed by atoms with van der Waals surface area (Å²) in [6, 6.07) is 9.39. The van der Waals surface area contributed by atoms with Crippen LogP contribution < -0.4 is 5.32 Å². The second kappa shape index (κ2) is 10.3. The summed E-state index contributed by atoms with van der Waals surface area (Å²) in [5.74, 6) is -1.39. The number of aliphatic carboxylic acids is 1. The molecule has 1 fully saturated rings. The van der Waals surface area contributed by atoms with Crippen molar-refractivity contribution in [2.24, 2.45) is 5.92 Å². The molecule has 1 aliphatic heterocycles. The standard InChI is InChI=1S/C19H27NO6/c1-13-18(25-9-8-17(21)22)15(10-14-6-4-3-5-7-14)11-24-12-16(20-2)19(23)26-13/h3-7,13,15-16,18,20H,8-12H2,1-2H3,(H,21,22)/t13-,15-,16-,18-/m0/s1. The van der Waals surface area contributed by atoms with Gasteiger partial charge >= 0.3 is 11.9 Å². The van der Waals surface area contributed by atoms with Crippen molar-refractivity contribution in [3.05, 3.63) is 35.9 Å². The van der Waals surface area contributed by atoms with Crippen molar-refractivity contribution >= 4 is 11.9 Å². The van der Waals surface area contributed by atoms with E-state index in [9.17, 15) is 9.59 Å². The van der Waals surface area contributed by atoms with E-state index in [1.54, 1.807) is 14.0 Å². The average Bonchev–Trinajstić information content (AvgIpc) is 2.66. The lowest BCUT2D eigenvalue weighted by Gasteiger charge is -2.30. The van der Waals surface area contributed by atoms with Gasteiger partial charge in [-0.1, -0.05) is 30.3 Å². The summed E-state index contributed by atoms with van der Waals surface area (Å²) >= 11 is 0. The van der Waals surface area contributed by atoms with Gasteiger partial charge in [-0.05, 0) is 26.0 Å².